The number of amides is 3. The molecule has 6 rings (SSSR count). The van der Waals surface area contributed by atoms with Crippen LogP contribution in [0.2, 0.25) is 0 Å². The predicted octanol–water partition coefficient (Wildman–Crippen LogP) is 2.57. The molecule has 10 nitrogen and oxygen atoms in total. The number of fused-ring (bicyclic) bond motifs is 8. The number of hydrogen-bond acceptors (Lipinski definition) is 5. The second-order valence-corrected chi connectivity index (χ2v) is 10.5. The fraction of sp³-hybridized carbons (Fsp3) is 0.333. The molecular weight excluding hydrogens is 510 g/mol. The molecule has 0 spiro atoms. The molecule has 2 aromatic heterocycles. The molecule has 2 aliphatic heterocycles. The van der Waals surface area contributed by atoms with E-state index in [0.29, 0.717) is 19.4 Å². The van der Waals surface area contributed by atoms with Gasteiger partial charge in [-0.2, -0.15) is 0 Å². The molecule has 0 aliphatic carbocycles. The number of benzene rings is 2. The lowest BCUT2D eigenvalue weighted by Gasteiger charge is -2.29. The summed E-state index contributed by atoms with van der Waals surface area (Å²) in [6.07, 6.45) is 1.51. The van der Waals surface area contributed by atoms with Gasteiger partial charge < -0.3 is 30.2 Å². The van der Waals surface area contributed by atoms with Crippen molar-refractivity contribution in [1.82, 2.24) is 25.5 Å². The van der Waals surface area contributed by atoms with E-state index in [1.165, 1.54) is 18.9 Å². The van der Waals surface area contributed by atoms with Crippen LogP contribution in [0.1, 0.15) is 30.9 Å². The van der Waals surface area contributed by atoms with Gasteiger partial charge in [0.2, 0.25) is 17.7 Å². The van der Waals surface area contributed by atoms with Gasteiger partial charge in [0.05, 0.1) is 18.5 Å². The van der Waals surface area contributed by atoms with Crippen molar-refractivity contribution in [1.29, 1.82) is 0 Å². The highest BCUT2D eigenvalue weighted by molar-refractivity contribution is 5.99. The molecule has 206 valence electrons. The Kier molecular flexibility index (Phi) is 6.53. The molecule has 4 aromatic rings. The molecule has 1 saturated heterocycles. The topological polar surface area (TPSA) is 136 Å². The Bertz CT molecular complexity index is 1650. The number of aromatic amines is 2. The fourth-order valence-corrected chi connectivity index (χ4v) is 6.21. The van der Waals surface area contributed by atoms with Crippen molar-refractivity contribution in [3.8, 4) is 11.4 Å². The van der Waals surface area contributed by atoms with E-state index in [2.05, 4.69) is 20.6 Å². The summed E-state index contributed by atoms with van der Waals surface area (Å²) in [5.74, 6) is -1.63. The quantitative estimate of drug-likeness (QED) is 0.289. The van der Waals surface area contributed by atoms with Crippen molar-refractivity contribution in [3.63, 3.8) is 0 Å². The molecule has 0 bridgehead atoms. The number of ether oxygens (including phenoxy) is 1. The summed E-state index contributed by atoms with van der Waals surface area (Å²) in [6, 6.07) is 13.0. The van der Waals surface area contributed by atoms with Crippen LogP contribution < -0.4 is 10.6 Å². The number of esters is 1. The van der Waals surface area contributed by atoms with Gasteiger partial charge in [-0.25, -0.2) is 4.79 Å². The molecule has 40 heavy (non-hydrogen) atoms. The number of carbonyl (C=O) groups is 4. The van der Waals surface area contributed by atoms with Crippen LogP contribution in [-0.4, -0.2) is 70.3 Å². The molecule has 4 N–H and O–H groups in total. The van der Waals surface area contributed by atoms with Gasteiger partial charge in [0.25, 0.3) is 0 Å². The number of H-pyrrole nitrogens is 2. The Morgan fingerprint density at radius 1 is 0.925 bits per heavy atom. The number of nitrogens with one attached hydrogen (secondary N) is 4. The summed E-state index contributed by atoms with van der Waals surface area (Å²) in [4.78, 5) is 61.4. The SMILES string of the molecule is COC(=O)C1Cc2c([nH]c3ccccc23)-c2[nH]c3ccccc3c2CC(NC(C)=O)C(=O)N2CCCC2C(=O)N1. The van der Waals surface area contributed by atoms with E-state index in [4.69, 9.17) is 4.74 Å². The van der Waals surface area contributed by atoms with Gasteiger partial charge in [0, 0.05) is 48.1 Å². The number of para-hydroxylation sites is 2. The highest BCUT2D eigenvalue weighted by Gasteiger charge is 2.40. The monoisotopic (exact) mass is 541 g/mol. The average molecular weight is 542 g/mol. The third-order valence-electron chi connectivity index (χ3n) is 8.01. The van der Waals surface area contributed by atoms with Crippen molar-refractivity contribution >= 4 is 45.5 Å². The zero-order chi connectivity index (χ0) is 28.0. The Hall–Kier alpha value is -4.60. The summed E-state index contributed by atoms with van der Waals surface area (Å²) in [5, 5.41) is 7.57. The summed E-state index contributed by atoms with van der Waals surface area (Å²) < 4.78 is 5.10. The molecule has 2 aromatic carbocycles. The number of rotatable bonds is 2. The predicted molar refractivity (Wildman–Crippen MR) is 149 cm³/mol. The molecule has 3 amide bonds. The van der Waals surface area contributed by atoms with Crippen LogP contribution in [0.4, 0.5) is 0 Å². The number of carbonyl (C=O) groups excluding carboxylic acids is 4. The highest BCUT2D eigenvalue weighted by atomic mass is 16.5. The molecule has 0 saturated carbocycles. The van der Waals surface area contributed by atoms with Gasteiger partial charge in [-0.15, -0.1) is 0 Å². The van der Waals surface area contributed by atoms with Gasteiger partial charge in [0.15, 0.2) is 0 Å². The molecule has 1 fully saturated rings. The van der Waals surface area contributed by atoms with Crippen LogP contribution in [0.3, 0.4) is 0 Å². The first kappa shape index (κ1) is 25.7. The van der Waals surface area contributed by atoms with E-state index < -0.39 is 30.0 Å². The molecule has 3 atom stereocenters. The lowest BCUT2D eigenvalue weighted by molar-refractivity contribution is -0.146. The van der Waals surface area contributed by atoms with E-state index in [-0.39, 0.29) is 24.7 Å². The number of methoxy groups -OCH3 is 1. The smallest absolute Gasteiger partial charge is 0.328 e. The van der Waals surface area contributed by atoms with Gasteiger partial charge in [-0.3, -0.25) is 14.4 Å². The first-order valence-corrected chi connectivity index (χ1v) is 13.5. The van der Waals surface area contributed by atoms with E-state index in [0.717, 1.165) is 44.3 Å². The Morgan fingerprint density at radius 2 is 1.52 bits per heavy atom. The zero-order valence-corrected chi connectivity index (χ0v) is 22.4. The first-order chi connectivity index (χ1) is 19.4. The average Bonchev–Trinajstić information content (AvgIpc) is 3.67. The van der Waals surface area contributed by atoms with Gasteiger partial charge in [0.1, 0.15) is 18.1 Å². The van der Waals surface area contributed by atoms with Crippen LogP contribution in [0.15, 0.2) is 48.5 Å². The fourth-order valence-electron chi connectivity index (χ4n) is 6.21. The van der Waals surface area contributed by atoms with Gasteiger partial charge in [-0.05, 0) is 36.1 Å². The maximum atomic E-state index is 14.0. The standard InChI is InChI=1S/C30H31N5O5/c1-16(36)31-23-14-19-17-8-3-5-10-21(17)32-26(19)27-20(18-9-4-6-11-22(18)33-27)15-24(30(39)40-2)34-28(37)25-12-7-13-35(25)29(23)38/h3-6,8-11,23-25,32-33H,7,12-15H2,1-2H3,(H,31,36)(H,34,37). The normalized spacial score (nSPS) is 21.4. The van der Waals surface area contributed by atoms with Crippen molar-refractivity contribution < 1.29 is 23.9 Å². The van der Waals surface area contributed by atoms with Crippen LogP contribution in [-0.2, 0) is 36.8 Å². The van der Waals surface area contributed by atoms with Crippen LogP contribution >= 0.6 is 0 Å². The Labute approximate surface area is 230 Å². The lowest BCUT2D eigenvalue weighted by Crippen LogP contribution is -2.56. The third-order valence-corrected chi connectivity index (χ3v) is 8.01. The van der Waals surface area contributed by atoms with E-state index in [1.807, 2.05) is 48.5 Å². The summed E-state index contributed by atoms with van der Waals surface area (Å²) >= 11 is 0. The minimum absolute atomic E-state index is 0.183. The summed E-state index contributed by atoms with van der Waals surface area (Å²) in [5.41, 5.74) is 4.97. The molecule has 4 heterocycles. The second kappa shape index (κ2) is 10.2. The Balaban J connectivity index is 1.61. The van der Waals surface area contributed by atoms with Crippen molar-refractivity contribution in [2.75, 3.05) is 13.7 Å². The van der Waals surface area contributed by atoms with Gasteiger partial charge in [-0.1, -0.05) is 36.4 Å². The number of nitrogens with zero attached hydrogens (tertiary/aromatic N) is 1. The van der Waals surface area contributed by atoms with E-state index in [9.17, 15) is 19.2 Å². The minimum Gasteiger partial charge on any atom is -0.467 e. The second-order valence-electron chi connectivity index (χ2n) is 10.5. The van der Waals surface area contributed by atoms with Crippen molar-refractivity contribution in [3.05, 3.63) is 59.7 Å². The maximum Gasteiger partial charge on any atom is 0.328 e. The highest BCUT2D eigenvalue weighted by Crippen LogP contribution is 2.37. The molecular formula is C30H31N5O5. The van der Waals surface area contributed by atoms with Crippen LogP contribution in [0, 0.1) is 0 Å². The van der Waals surface area contributed by atoms with Crippen molar-refractivity contribution in [2.24, 2.45) is 0 Å². The van der Waals surface area contributed by atoms with Crippen LogP contribution in [0.25, 0.3) is 33.2 Å². The third kappa shape index (κ3) is 4.39. The van der Waals surface area contributed by atoms with E-state index >= 15 is 0 Å². The zero-order valence-electron chi connectivity index (χ0n) is 22.4. The Morgan fingerprint density at radius 3 is 2.12 bits per heavy atom. The first-order valence-electron chi connectivity index (χ1n) is 13.5. The largest absolute Gasteiger partial charge is 0.467 e. The van der Waals surface area contributed by atoms with Gasteiger partial charge >= 0.3 is 5.97 Å². The summed E-state index contributed by atoms with van der Waals surface area (Å²) in [6.45, 7) is 1.77. The lowest BCUT2D eigenvalue weighted by atomic mass is 9.96. The van der Waals surface area contributed by atoms with Crippen molar-refractivity contribution in [2.45, 2.75) is 50.7 Å². The number of aromatic nitrogens is 2. The summed E-state index contributed by atoms with van der Waals surface area (Å²) in [7, 11) is 1.30. The van der Waals surface area contributed by atoms with E-state index in [1.54, 1.807) is 0 Å². The molecule has 3 unspecified atom stereocenters. The minimum atomic E-state index is -0.965. The van der Waals surface area contributed by atoms with Crippen LogP contribution in [0.5, 0.6) is 0 Å². The maximum absolute atomic E-state index is 14.0. The molecule has 10 heteroatoms. The number of hydrogen-bond donors (Lipinski definition) is 4. The molecule has 0 radical (unpaired) electrons. The molecule has 2 aliphatic rings.